The van der Waals surface area contributed by atoms with Gasteiger partial charge in [0, 0.05) is 18.5 Å². The monoisotopic (exact) mass is 309 g/mol. The molecule has 2 aromatic carbocycles. The van der Waals surface area contributed by atoms with Gasteiger partial charge < -0.3 is 4.90 Å². The van der Waals surface area contributed by atoms with Crippen LogP contribution >= 0.6 is 24.2 Å². The zero-order valence-electron chi connectivity index (χ0n) is 10.8. The van der Waals surface area contributed by atoms with Crippen LogP contribution in [0, 0.1) is 5.82 Å². The van der Waals surface area contributed by atoms with Crippen LogP contribution in [0.4, 0.5) is 4.39 Å². The third-order valence-electron chi connectivity index (χ3n) is 2.84. The maximum Gasteiger partial charge on any atom is 0.255 e. The van der Waals surface area contributed by atoms with Crippen LogP contribution in [-0.4, -0.2) is 17.9 Å². The van der Waals surface area contributed by atoms with Gasteiger partial charge in [0.1, 0.15) is 5.82 Å². The highest BCUT2D eigenvalue weighted by atomic mass is 35.5. The second kappa shape index (κ2) is 6.29. The van der Waals surface area contributed by atoms with E-state index >= 15 is 0 Å². The van der Waals surface area contributed by atoms with Crippen LogP contribution in [-0.2, 0) is 6.54 Å². The fraction of sp³-hybridized carbons (Fsp3) is 0.133. The van der Waals surface area contributed by atoms with Crippen molar-refractivity contribution in [2.24, 2.45) is 0 Å². The summed E-state index contributed by atoms with van der Waals surface area (Å²) in [5.41, 5.74) is 1.11. The number of thiol groups is 1. The Bertz CT molecular complexity index is 648. The number of nitrogens with zero attached hydrogens (tertiary/aromatic N) is 1. The molecule has 20 heavy (non-hydrogen) atoms. The Morgan fingerprint density at radius 2 is 2.05 bits per heavy atom. The van der Waals surface area contributed by atoms with Gasteiger partial charge in [-0.3, -0.25) is 4.79 Å². The van der Waals surface area contributed by atoms with E-state index in [-0.39, 0.29) is 11.7 Å². The zero-order chi connectivity index (χ0) is 14.7. The normalized spacial score (nSPS) is 10.4. The molecule has 0 aliphatic rings. The van der Waals surface area contributed by atoms with Crippen LogP contribution in [0.3, 0.4) is 0 Å². The molecule has 0 aliphatic carbocycles. The summed E-state index contributed by atoms with van der Waals surface area (Å²) < 4.78 is 13.1. The number of rotatable bonds is 3. The molecule has 104 valence electrons. The maximum absolute atomic E-state index is 13.1. The summed E-state index contributed by atoms with van der Waals surface area (Å²) in [4.78, 5) is 14.5. The fourth-order valence-corrected chi connectivity index (χ4v) is 2.27. The van der Waals surface area contributed by atoms with E-state index in [0.717, 1.165) is 5.56 Å². The predicted octanol–water partition coefficient (Wildman–Crippen LogP) is 4.04. The van der Waals surface area contributed by atoms with E-state index in [9.17, 15) is 9.18 Å². The van der Waals surface area contributed by atoms with Gasteiger partial charge in [-0.2, -0.15) is 0 Å². The summed E-state index contributed by atoms with van der Waals surface area (Å²) in [7, 11) is 1.65. The van der Waals surface area contributed by atoms with E-state index in [1.54, 1.807) is 37.4 Å². The Balaban J connectivity index is 2.18. The van der Waals surface area contributed by atoms with Crippen molar-refractivity contribution in [2.45, 2.75) is 11.4 Å². The molecule has 0 aliphatic heterocycles. The molecule has 0 bridgehead atoms. The minimum atomic E-state index is -0.321. The molecule has 5 heteroatoms. The van der Waals surface area contributed by atoms with Crippen LogP contribution in [0.1, 0.15) is 15.9 Å². The highest BCUT2D eigenvalue weighted by molar-refractivity contribution is 7.80. The minimum Gasteiger partial charge on any atom is -0.337 e. The lowest BCUT2D eigenvalue weighted by molar-refractivity contribution is 0.0785. The quantitative estimate of drug-likeness (QED) is 0.848. The van der Waals surface area contributed by atoms with Gasteiger partial charge in [0.15, 0.2) is 0 Å². The van der Waals surface area contributed by atoms with Crippen molar-refractivity contribution in [1.29, 1.82) is 0 Å². The van der Waals surface area contributed by atoms with Gasteiger partial charge in [0.2, 0.25) is 0 Å². The average molecular weight is 310 g/mol. The number of hydrogen-bond acceptors (Lipinski definition) is 2. The Kier molecular flexibility index (Phi) is 4.68. The second-order valence-corrected chi connectivity index (χ2v) is 5.38. The summed E-state index contributed by atoms with van der Waals surface area (Å²) in [5.74, 6) is -0.547. The highest BCUT2D eigenvalue weighted by Crippen LogP contribution is 2.21. The summed E-state index contributed by atoms with van der Waals surface area (Å²) in [6.07, 6.45) is 0. The lowest BCUT2D eigenvalue weighted by Gasteiger charge is -2.18. The number of carbonyl (C=O) groups is 1. The number of halogens is 2. The van der Waals surface area contributed by atoms with Gasteiger partial charge in [-0.05, 0) is 35.9 Å². The molecule has 0 N–H and O–H groups in total. The van der Waals surface area contributed by atoms with Gasteiger partial charge in [-0.15, -0.1) is 12.6 Å². The third-order valence-corrected chi connectivity index (χ3v) is 3.44. The lowest BCUT2D eigenvalue weighted by atomic mass is 10.1. The van der Waals surface area contributed by atoms with E-state index in [0.29, 0.717) is 22.0 Å². The SMILES string of the molecule is CN(Cc1cccc(F)c1)C(=O)c1cc(S)ccc1Cl. The summed E-state index contributed by atoms with van der Waals surface area (Å²) in [6, 6.07) is 11.1. The predicted molar refractivity (Wildman–Crippen MR) is 80.9 cm³/mol. The summed E-state index contributed by atoms with van der Waals surface area (Å²) in [5, 5.41) is 0.374. The molecule has 0 saturated carbocycles. The standard InChI is InChI=1S/C15H13ClFNOS/c1-18(9-10-3-2-4-11(17)7-10)15(19)13-8-12(20)5-6-14(13)16/h2-8,20H,9H2,1H3. The van der Waals surface area contributed by atoms with Gasteiger partial charge in [0.05, 0.1) is 10.6 Å². The van der Waals surface area contributed by atoms with Gasteiger partial charge >= 0.3 is 0 Å². The van der Waals surface area contributed by atoms with Crippen LogP contribution in [0.5, 0.6) is 0 Å². The Morgan fingerprint density at radius 1 is 1.30 bits per heavy atom. The minimum absolute atomic E-state index is 0.227. The van der Waals surface area contributed by atoms with Crippen LogP contribution in [0.2, 0.25) is 5.02 Å². The topological polar surface area (TPSA) is 20.3 Å². The molecule has 0 fully saturated rings. The van der Waals surface area contributed by atoms with Crippen molar-refractivity contribution in [1.82, 2.24) is 4.90 Å². The number of benzene rings is 2. The maximum atomic E-state index is 13.1. The molecule has 1 amide bonds. The first-order valence-electron chi connectivity index (χ1n) is 5.96. The fourth-order valence-electron chi connectivity index (χ4n) is 1.86. The molecule has 0 atom stereocenters. The van der Waals surface area contributed by atoms with E-state index in [1.807, 2.05) is 0 Å². The van der Waals surface area contributed by atoms with Crippen LogP contribution in [0.15, 0.2) is 47.4 Å². The van der Waals surface area contributed by atoms with Gasteiger partial charge in [-0.25, -0.2) is 4.39 Å². The van der Waals surface area contributed by atoms with Crippen molar-refractivity contribution < 1.29 is 9.18 Å². The molecule has 2 rings (SSSR count). The number of hydrogen-bond donors (Lipinski definition) is 1. The van der Waals surface area contributed by atoms with E-state index in [1.165, 1.54) is 17.0 Å². The molecule has 2 nitrogen and oxygen atoms in total. The zero-order valence-corrected chi connectivity index (χ0v) is 12.5. The largest absolute Gasteiger partial charge is 0.337 e. The molecular formula is C15H13ClFNOS. The lowest BCUT2D eigenvalue weighted by Crippen LogP contribution is -2.26. The third kappa shape index (κ3) is 3.52. The van der Waals surface area contributed by atoms with Crippen molar-refractivity contribution in [2.75, 3.05) is 7.05 Å². The smallest absolute Gasteiger partial charge is 0.255 e. The Labute approximate surface area is 127 Å². The Hall–Kier alpha value is -1.52. The van der Waals surface area contributed by atoms with Crippen LogP contribution in [0.25, 0.3) is 0 Å². The first kappa shape index (κ1) is 14.9. The molecule has 0 radical (unpaired) electrons. The van der Waals surface area contributed by atoms with Crippen LogP contribution < -0.4 is 0 Å². The van der Waals surface area contributed by atoms with Crippen molar-refractivity contribution in [3.8, 4) is 0 Å². The summed E-state index contributed by atoms with van der Waals surface area (Å²) in [6.45, 7) is 0.309. The van der Waals surface area contributed by atoms with Crippen molar-refractivity contribution >= 4 is 30.1 Å². The first-order valence-corrected chi connectivity index (χ1v) is 6.78. The first-order chi connectivity index (χ1) is 9.47. The van der Waals surface area contributed by atoms with Gasteiger partial charge in [0.25, 0.3) is 5.91 Å². The molecular weight excluding hydrogens is 297 g/mol. The number of carbonyl (C=O) groups excluding carboxylic acids is 1. The molecule has 0 spiro atoms. The van der Waals surface area contributed by atoms with E-state index in [2.05, 4.69) is 12.6 Å². The number of amides is 1. The average Bonchev–Trinajstić information content (AvgIpc) is 2.40. The summed E-state index contributed by atoms with van der Waals surface area (Å²) >= 11 is 10.2. The Morgan fingerprint density at radius 3 is 2.75 bits per heavy atom. The van der Waals surface area contributed by atoms with Crippen molar-refractivity contribution in [3.05, 3.63) is 64.4 Å². The van der Waals surface area contributed by atoms with Crippen molar-refractivity contribution in [3.63, 3.8) is 0 Å². The van der Waals surface area contributed by atoms with E-state index in [4.69, 9.17) is 11.6 Å². The van der Waals surface area contributed by atoms with Gasteiger partial charge in [-0.1, -0.05) is 23.7 Å². The molecule has 0 saturated heterocycles. The second-order valence-electron chi connectivity index (χ2n) is 4.46. The molecule has 0 aromatic heterocycles. The molecule has 0 unspecified atom stereocenters. The van der Waals surface area contributed by atoms with E-state index < -0.39 is 0 Å². The molecule has 0 heterocycles. The highest BCUT2D eigenvalue weighted by Gasteiger charge is 2.15. The molecule has 2 aromatic rings.